The molecule has 1 aromatic carbocycles. The Balaban J connectivity index is 1.90. The fourth-order valence-corrected chi connectivity index (χ4v) is 3.32. The normalized spacial score (nSPS) is 19.7. The molecule has 0 amide bonds. The Labute approximate surface area is 141 Å². The number of nitrogens with zero attached hydrogens (tertiary/aromatic N) is 3. The maximum atomic E-state index is 10.7. The quantitative estimate of drug-likeness (QED) is 0.268. The molecule has 0 saturated carbocycles. The number of para-hydroxylation sites is 1. The van der Waals surface area contributed by atoms with Crippen LogP contribution in [0.2, 0.25) is 0 Å². The van der Waals surface area contributed by atoms with Gasteiger partial charge in [-0.25, -0.2) is 0 Å². The van der Waals surface area contributed by atoms with Gasteiger partial charge >= 0.3 is 0 Å². The first-order chi connectivity index (χ1) is 11.0. The highest BCUT2D eigenvalue weighted by molar-refractivity contribution is 8.03. The maximum Gasteiger partial charge on any atom is 0.264 e. The molecule has 1 atom stereocenters. The minimum absolute atomic E-state index is 0.0481. The fourth-order valence-electron chi connectivity index (χ4n) is 1.99. The van der Waals surface area contributed by atoms with E-state index >= 15 is 0 Å². The summed E-state index contributed by atoms with van der Waals surface area (Å²) >= 11 is 1.62. The van der Waals surface area contributed by atoms with Crippen molar-refractivity contribution in [2.75, 3.05) is 17.8 Å². The molecule has 6 nitrogen and oxygen atoms in total. The second kappa shape index (κ2) is 8.28. The molecule has 23 heavy (non-hydrogen) atoms. The van der Waals surface area contributed by atoms with Crippen molar-refractivity contribution in [3.63, 3.8) is 0 Å². The highest BCUT2D eigenvalue weighted by atomic mass is 32.2. The average molecular weight is 354 g/mol. The van der Waals surface area contributed by atoms with Gasteiger partial charge in [-0.1, -0.05) is 18.2 Å². The Bertz CT molecular complexity index is 700. The van der Waals surface area contributed by atoms with Crippen LogP contribution < -0.4 is 5.01 Å². The van der Waals surface area contributed by atoms with Crippen LogP contribution in [-0.2, 0) is 10.1 Å². The largest absolute Gasteiger partial charge is 0.286 e. The summed E-state index contributed by atoms with van der Waals surface area (Å²) in [6, 6.07) is 9.85. The summed E-state index contributed by atoms with van der Waals surface area (Å²) < 4.78 is 32.1. The van der Waals surface area contributed by atoms with Crippen LogP contribution in [0.15, 0.2) is 47.0 Å². The summed E-state index contributed by atoms with van der Waals surface area (Å²) in [5.74, 6) is -0.219. The molecule has 0 aliphatic carbocycles. The van der Waals surface area contributed by atoms with Gasteiger partial charge in [-0.2, -0.15) is 18.1 Å². The van der Waals surface area contributed by atoms with E-state index in [1.54, 1.807) is 16.8 Å². The van der Waals surface area contributed by atoms with E-state index < -0.39 is 10.1 Å². The number of unbranched alkanes of at least 4 members (excludes halogenated alkanes) is 1. The van der Waals surface area contributed by atoms with Gasteiger partial charge in [-0.15, -0.1) is 0 Å². The first-order valence-electron chi connectivity index (χ1n) is 7.17. The third-order valence-corrected chi connectivity index (χ3v) is 4.92. The van der Waals surface area contributed by atoms with Crippen LogP contribution in [0.1, 0.15) is 12.8 Å². The number of hydrogen-bond donors (Lipinski definition) is 1. The second-order valence-electron chi connectivity index (χ2n) is 4.99. The van der Waals surface area contributed by atoms with Gasteiger partial charge in [0.1, 0.15) is 12.4 Å². The van der Waals surface area contributed by atoms with Crippen molar-refractivity contribution in [3.05, 3.63) is 41.9 Å². The lowest BCUT2D eigenvalue weighted by atomic mass is 10.3. The predicted octanol–water partition coefficient (Wildman–Crippen LogP) is 2.40. The third-order valence-electron chi connectivity index (χ3n) is 3.19. The van der Waals surface area contributed by atoms with Gasteiger partial charge in [0.05, 0.1) is 11.4 Å². The van der Waals surface area contributed by atoms with E-state index in [-0.39, 0.29) is 11.1 Å². The van der Waals surface area contributed by atoms with Crippen molar-refractivity contribution in [1.82, 2.24) is 0 Å². The molecule has 8 heteroatoms. The molecule has 1 aliphatic heterocycles. The van der Waals surface area contributed by atoms with E-state index in [2.05, 4.69) is 5.10 Å². The monoisotopic (exact) mass is 354 g/mol. The Hall–Kier alpha value is -1.64. The lowest BCUT2D eigenvalue weighted by Gasteiger charge is -2.12. The summed E-state index contributed by atoms with van der Waals surface area (Å²) in [7, 11) is -1.99. The first kappa shape index (κ1) is 17.7. The van der Waals surface area contributed by atoms with E-state index in [0.717, 1.165) is 5.69 Å². The molecule has 0 aromatic heterocycles. The maximum absolute atomic E-state index is 10.7. The molecule has 1 aromatic rings. The molecule has 0 radical (unpaired) electrons. The molecule has 2 rings (SSSR count). The van der Waals surface area contributed by atoms with Gasteiger partial charge in [0.2, 0.25) is 5.37 Å². The molecule has 1 N–H and O–H groups in total. The summed E-state index contributed by atoms with van der Waals surface area (Å²) in [6.45, 7) is 0. The van der Waals surface area contributed by atoms with E-state index in [4.69, 9.17) is 4.55 Å². The summed E-state index contributed by atoms with van der Waals surface area (Å²) in [5, 5.41) is 8.26. The number of benzene rings is 1. The average Bonchev–Trinajstić information content (AvgIpc) is 2.96. The number of thioether (sulfide) groups is 1. The predicted molar refractivity (Wildman–Crippen MR) is 95.8 cm³/mol. The Morgan fingerprint density at radius 2 is 2.13 bits per heavy atom. The lowest BCUT2D eigenvalue weighted by Crippen LogP contribution is -2.20. The molecule has 124 valence electrons. The van der Waals surface area contributed by atoms with Gasteiger partial charge in [0.25, 0.3) is 10.1 Å². The van der Waals surface area contributed by atoms with E-state index in [1.165, 1.54) is 0 Å². The third kappa shape index (κ3) is 6.17. The molecule has 1 unspecified atom stereocenters. The Morgan fingerprint density at radius 3 is 2.83 bits per heavy atom. The van der Waals surface area contributed by atoms with Crippen LogP contribution in [0.5, 0.6) is 0 Å². The lowest BCUT2D eigenvalue weighted by molar-refractivity contribution is -0.445. The van der Waals surface area contributed by atoms with Crippen molar-refractivity contribution < 1.29 is 17.5 Å². The van der Waals surface area contributed by atoms with Crippen molar-refractivity contribution in [3.8, 4) is 0 Å². The molecule has 0 spiro atoms. The number of hydrogen-bond acceptors (Lipinski definition) is 5. The Morgan fingerprint density at radius 1 is 1.39 bits per heavy atom. The van der Waals surface area contributed by atoms with Crippen molar-refractivity contribution >= 4 is 40.0 Å². The van der Waals surface area contributed by atoms with Gasteiger partial charge in [-0.05, 0) is 30.3 Å². The van der Waals surface area contributed by atoms with E-state index in [1.807, 2.05) is 66.0 Å². The van der Waals surface area contributed by atoms with Crippen LogP contribution in [0.3, 0.4) is 0 Å². The standard InChI is InChI=1S/C15H19N3O3S2/c1-17(14-7-3-2-4-8-14)16-13-15-18(10-11-22-15)9-5-6-12-23(19,20)21/h2-4,7-11,13,15H,5-6,12H2,1H3/p+1. The number of rotatable bonds is 7. The summed E-state index contributed by atoms with van der Waals surface area (Å²) in [6.07, 6.45) is 6.65. The van der Waals surface area contributed by atoms with E-state index in [9.17, 15) is 8.42 Å². The minimum atomic E-state index is -3.88. The van der Waals surface area contributed by atoms with Gasteiger partial charge in [0.15, 0.2) is 6.20 Å². The molecular formula is C15H20N3O3S2+. The summed E-state index contributed by atoms with van der Waals surface area (Å²) in [5.41, 5.74) is 1.00. The van der Waals surface area contributed by atoms with Crippen LogP contribution in [-0.4, -0.2) is 48.1 Å². The van der Waals surface area contributed by atoms with Gasteiger partial charge < -0.3 is 0 Å². The molecule has 1 aliphatic rings. The fraction of sp³-hybridized carbons (Fsp3) is 0.333. The van der Waals surface area contributed by atoms with Gasteiger partial charge in [0, 0.05) is 18.9 Å². The smallest absolute Gasteiger partial charge is 0.264 e. The molecule has 0 bridgehead atoms. The van der Waals surface area contributed by atoms with Crippen LogP contribution in [0.4, 0.5) is 5.69 Å². The van der Waals surface area contributed by atoms with Crippen molar-refractivity contribution in [1.29, 1.82) is 0 Å². The van der Waals surface area contributed by atoms with E-state index in [0.29, 0.717) is 12.8 Å². The minimum Gasteiger partial charge on any atom is -0.286 e. The molecule has 0 saturated heterocycles. The number of anilines is 1. The topological polar surface area (TPSA) is 73.0 Å². The summed E-state index contributed by atoms with van der Waals surface area (Å²) in [4.78, 5) is 0. The molecule has 0 fully saturated rings. The SMILES string of the molecule is CN(N=CC1SC=C[N+]1=CCCCS(=O)(=O)O)c1ccccc1. The highest BCUT2D eigenvalue weighted by Gasteiger charge is 2.22. The van der Waals surface area contributed by atoms with Crippen molar-refractivity contribution in [2.45, 2.75) is 18.2 Å². The zero-order valence-corrected chi connectivity index (χ0v) is 14.4. The highest BCUT2D eigenvalue weighted by Crippen LogP contribution is 2.20. The second-order valence-corrected chi connectivity index (χ2v) is 7.59. The van der Waals surface area contributed by atoms with Crippen LogP contribution >= 0.6 is 11.8 Å². The molecule has 1 heterocycles. The first-order valence-corrected chi connectivity index (χ1v) is 9.72. The van der Waals surface area contributed by atoms with Crippen molar-refractivity contribution in [2.24, 2.45) is 5.10 Å². The van der Waals surface area contributed by atoms with Crippen LogP contribution in [0.25, 0.3) is 0 Å². The van der Waals surface area contributed by atoms with Gasteiger partial charge in [-0.3, -0.25) is 9.56 Å². The number of hydrazone groups is 1. The Kier molecular flexibility index (Phi) is 6.37. The zero-order chi connectivity index (χ0) is 16.7. The zero-order valence-electron chi connectivity index (χ0n) is 12.8. The van der Waals surface area contributed by atoms with Crippen LogP contribution in [0, 0.1) is 0 Å². The molecular weight excluding hydrogens is 334 g/mol.